The van der Waals surface area contributed by atoms with Gasteiger partial charge in [-0.15, -0.1) is 11.8 Å². The lowest BCUT2D eigenvalue weighted by atomic mass is 10.1. The highest BCUT2D eigenvalue weighted by molar-refractivity contribution is 7.99. The van der Waals surface area contributed by atoms with Crippen LogP contribution in [0.5, 0.6) is 0 Å². The number of Topliss-reactive ketones (excluding diaryl/α,β-unsaturated/α-hetero) is 1. The summed E-state index contributed by atoms with van der Waals surface area (Å²) in [6.45, 7) is 0. The molecular formula is C16H14O3S. The van der Waals surface area contributed by atoms with Crippen LogP contribution >= 0.6 is 11.8 Å². The van der Waals surface area contributed by atoms with Gasteiger partial charge in [0.1, 0.15) is 0 Å². The summed E-state index contributed by atoms with van der Waals surface area (Å²) in [7, 11) is 0. The fraction of sp³-hybridized carbons (Fsp3) is 0.125. The van der Waals surface area contributed by atoms with Gasteiger partial charge in [0.2, 0.25) is 0 Å². The third-order valence-corrected chi connectivity index (χ3v) is 3.82. The maximum Gasteiger partial charge on any atom is 0.335 e. The normalized spacial score (nSPS) is 10.2. The van der Waals surface area contributed by atoms with Crippen LogP contribution in [0.1, 0.15) is 26.3 Å². The number of ketones is 1. The molecule has 0 bridgehead atoms. The largest absolute Gasteiger partial charge is 0.478 e. The van der Waals surface area contributed by atoms with E-state index in [0.29, 0.717) is 22.6 Å². The second-order valence-electron chi connectivity index (χ2n) is 4.24. The Kier molecular flexibility index (Phi) is 4.96. The Morgan fingerprint density at radius 3 is 2.30 bits per heavy atom. The van der Waals surface area contributed by atoms with E-state index >= 15 is 0 Å². The minimum atomic E-state index is -0.935. The molecule has 0 amide bonds. The quantitative estimate of drug-likeness (QED) is 0.826. The van der Waals surface area contributed by atoms with Crippen LogP contribution in [0, 0.1) is 0 Å². The number of benzene rings is 2. The Morgan fingerprint density at radius 1 is 0.950 bits per heavy atom. The molecule has 102 valence electrons. The number of carbonyl (C=O) groups is 2. The standard InChI is InChI=1S/C16H14O3S/c17-15(12-6-2-1-3-7-12)11-20-10-13-8-4-5-9-14(13)16(18)19/h1-9H,10-11H2,(H,18,19). The zero-order valence-electron chi connectivity index (χ0n) is 10.8. The van der Waals surface area contributed by atoms with E-state index in [1.54, 1.807) is 36.4 Å². The number of hydrogen-bond donors (Lipinski definition) is 1. The first-order valence-electron chi connectivity index (χ1n) is 6.15. The zero-order valence-corrected chi connectivity index (χ0v) is 11.6. The first kappa shape index (κ1) is 14.3. The SMILES string of the molecule is O=C(CSCc1ccccc1C(=O)O)c1ccccc1. The van der Waals surface area contributed by atoms with E-state index in [2.05, 4.69) is 0 Å². The summed E-state index contributed by atoms with van der Waals surface area (Å²) in [5.41, 5.74) is 1.73. The van der Waals surface area contributed by atoms with Crippen molar-refractivity contribution >= 4 is 23.5 Å². The van der Waals surface area contributed by atoms with Gasteiger partial charge in [-0.05, 0) is 11.6 Å². The van der Waals surface area contributed by atoms with E-state index in [0.717, 1.165) is 5.56 Å². The molecule has 0 fully saturated rings. The predicted octanol–water partition coefficient (Wildman–Crippen LogP) is 3.50. The average molecular weight is 286 g/mol. The van der Waals surface area contributed by atoms with Crippen LogP contribution in [0.3, 0.4) is 0 Å². The third kappa shape index (κ3) is 3.71. The van der Waals surface area contributed by atoms with Gasteiger partial charge in [0, 0.05) is 11.3 Å². The molecule has 2 aromatic carbocycles. The molecule has 20 heavy (non-hydrogen) atoms. The lowest BCUT2D eigenvalue weighted by Gasteiger charge is -2.05. The molecule has 2 rings (SSSR count). The molecule has 2 aromatic rings. The highest BCUT2D eigenvalue weighted by atomic mass is 32.2. The molecule has 3 nitrogen and oxygen atoms in total. The van der Waals surface area contributed by atoms with Gasteiger partial charge in [-0.2, -0.15) is 0 Å². The summed E-state index contributed by atoms with van der Waals surface area (Å²) < 4.78 is 0. The molecule has 0 unspecified atom stereocenters. The zero-order chi connectivity index (χ0) is 14.4. The average Bonchev–Trinajstić information content (AvgIpc) is 2.48. The Hall–Kier alpha value is -2.07. The Labute approximate surface area is 121 Å². The van der Waals surface area contributed by atoms with Gasteiger partial charge >= 0.3 is 5.97 Å². The summed E-state index contributed by atoms with van der Waals surface area (Å²) >= 11 is 1.43. The van der Waals surface area contributed by atoms with Crippen molar-refractivity contribution in [1.82, 2.24) is 0 Å². The number of carboxylic acid groups (broad SMARTS) is 1. The van der Waals surface area contributed by atoms with Gasteiger partial charge in [0.25, 0.3) is 0 Å². The lowest BCUT2D eigenvalue weighted by Crippen LogP contribution is -2.04. The first-order chi connectivity index (χ1) is 9.68. The number of carbonyl (C=O) groups excluding carboxylic acids is 1. The molecule has 0 aliphatic carbocycles. The summed E-state index contributed by atoms with van der Waals surface area (Å²) in [4.78, 5) is 23.0. The summed E-state index contributed by atoms with van der Waals surface area (Å²) in [6, 6.07) is 16.0. The summed E-state index contributed by atoms with van der Waals surface area (Å²) in [5.74, 6) is -0.0158. The van der Waals surface area contributed by atoms with Crippen molar-refractivity contribution in [1.29, 1.82) is 0 Å². The molecule has 0 aliphatic heterocycles. The highest BCUT2D eigenvalue weighted by Crippen LogP contribution is 2.18. The maximum atomic E-state index is 11.9. The van der Waals surface area contributed by atoms with Gasteiger partial charge in [0.05, 0.1) is 11.3 Å². The number of thioether (sulfide) groups is 1. The molecular weight excluding hydrogens is 272 g/mol. The van der Waals surface area contributed by atoms with Crippen molar-refractivity contribution in [3.63, 3.8) is 0 Å². The van der Waals surface area contributed by atoms with E-state index in [9.17, 15) is 9.59 Å². The monoisotopic (exact) mass is 286 g/mol. The van der Waals surface area contributed by atoms with Crippen molar-refractivity contribution in [3.8, 4) is 0 Å². The fourth-order valence-corrected chi connectivity index (χ4v) is 2.74. The smallest absolute Gasteiger partial charge is 0.335 e. The van der Waals surface area contributed by atoms with Crippen molar-refractivity contribution in [2.75, 3.05) is 5.75 Å². The molecule has 1 N–H and O–H groups in total. The second-order valence-corrected chi connectivity index (χ2v) is 5.23. The molecule has 0 saturated heterocycles. The molecule has 0 atom stereocenters. The number of hydrogen-bond acceptors (Lipinski definition) is 3. The minimum absolute atomic E-state index is 0.0587. The van der Waals surface area contributed by atoms with Crippen molar-refractivity contribution in [3.05, 3.63) is 71.3 Å². The molecule has 0 spiro atoms. The first-order valence-corrected chi connectivity index (χ1v) is 7.31. The molecule has 0 heterocycles. The molecule has 0 aliphatic rings. The fourth-order valence-electron chi connectivity index (χ4n) is 1.82. The highest BCUT2D eigenvalue weighted by Gasteiger charge is 2.10. The van der Waals surface area contributed by atoms with Crippen LogP contribution in [-0.2, 0) is 5.75 Å². The van der Waals surface area contributed by atoms with Crippen molar-refractivity contribution in [2.24, 2.45) is 0 Å². The number of rotatable bonds is 6. The van der Waals surface area contributed by atoms with E-state index in [4.69, 9.17) is 5.11 Å². The van der Waals surface area contributed by atoms with Crippen LogP contribution in [0.4, 0.5) is 0 Å². The third-order valence-electron chi connectivity index (χ3n) is 2.83. The Bertz CT molecular complexity index is 608. The predicted molar refractivity (Wildman–Crippen MR) is 80.3 cm³/mol. The molecule has 0 aromatic heterocycles. The Morgan fingerprint density at radius 2 is 1.60 bits per heavy atom. The number of carboxylic acids is 1. The van der Waals surface area contributed by atoms with Gasteiger partial charge in [-0.3, -0.25) is 4.79 Å². The minimum Gasteiger partial charge on any atom is -0.478 e. The van der Waals surface area contributed by atoms with E-state index < -0.39 is 5.97 Å². The summed E-state index contributed by atoms with van der Waals surface area (Å²) in [6.07, 6.45) is 0. The van der Waals surface area contributed by atoms with Crippen LogP contribution in [-0.4, -0.2) is 22.6 Å². The second kappa shape index (κ2) is 6.91. The van der Waals surface area contributed by atoms with E-state index in [1.807, 2.05) is 18.2 Å². The van der Waals surface area contributed by atoms with Crippen molar-refractivity contribution in [2.45, 2.75) is 5.75 Å². The van der Waals surface area contributed by atoms with Crippen LogP contribution in [0.25, 0.3) is 0 Å². The Balaban J connectivity index is 1.94. The molecule has 4 heteroatoms. The van der Waals surface area contributed by atoms with Crippen LogP contribution in [0.2, 0.25) is 0 Å². The van der Waals surface area contributed by atoms with Gasteiger partial charge < -0.3 is 5.11 Å². The van der Waals surface area contributed by atoms with Gasteiger partial charge in [-0.25, -0.2) is 4.79 Å². The van der Waals surface area contributed by atoms with E-state index in [1.165, 1.54) is 11.8 Å². The number of aromatic carboxylic acids is 1. The van der Waals surface area contributed by atoms with Crippen LogP contribution < -0.4 is 0 Å². The van der Waals surface area contributed by atoms with Crippen LogP contribution in [0.15, 0.2) is 54.6 Å². The molecule has 0 saturated carbocycles. The maximum absolute atomic E-state index is 11.9. The van der Waals surface area contributed by atoms with Crippen molar-refractivity contribution < 1.29 is 14.7 Å². The van der Waals surface area contributed by atoms with Gasteiger partial charge in [-0.1, -0.05) is 48.5 Å². The molecule has 0 radical (unpaired) electrons. The summed E-state index contributed by atoms with van der Waals surface area (Å²) in [5, 5.41) is 9.08. The van der Waals surface area contributed by atoms with E-state index in [-0.39, 0.29) is 5.78 Å². The lowest BCUT2D eigenvalue weighted by molar-refractivity contribution is 0.0696. The van der Waals surface area contributed by atoms with Gasteiger partial charge in [0.15, 0.2) is 5.78 Å². The topological polar surface area (TPSA) is 54.4 Å².